The number of carbonyl (C=O) groups excluding carboxylic acids is 1. The maximum absolute atomic E-state index is 12.9. The van der Waals surface area contributed by atoms with Crippen LogP contribution in [0.25, 0.3) is 0 Å². The van der Waals surface area contributed by atoms with Crippen LogP contribution in [0.4, 0.5) is 0 Å². The highest BCUT2D eigenvalue weighted by Crippen LogP contribution is 2.29. The van der Waals surface area contributed by atoms with Crippen LogP contribution in [0.2, 0.25) is 0 Å². The van der Waals surface area contributed by atoms with Gasteiger partial charge in [-0.1, -0.05) is 42.5 Å². The van der Waals surface area contributed by atoms with Gasteiger partial charge < -0.3 is 0 Å². The van der Waals surface area contributed by atoms with E-state index in [0.717, 1.165) is 6.08 Å². The summed E-state index contributed by atoms with van der Waals surface area (Å²) in [7, 11) is -7.89. The molecule has 1 aliphatic rings. The van der Waals surface area contributed by atoms with E-state index in [1.807, 2.05) is 0 Å². The Morgan fingerprint density at radius 3 is 2.04 bits per heavy atom. The smallest absolute Gasteiger partial charge is 0.253 e. The second-order valence-corrected chi connectivity index (χ2v) is 9.39. The molecule has 0 heterocycles. The molecule has 2 aromatic carbocycles. The Hall–Kier alpha value is -2.58. The van der Waals surface area contributed by atoms with E-state index in [-0.39, 0.29) is 21.9 Å². The summed E-state index contributed by atoms with van der Waals surface area (Å²) in [5.74, 6) is -0.918. The van der Waals surface area contributed by atoms with Crippen LogP contribution in [0.15, 0.2) is 74.9 Å². The maximum atomic E-state index is 12.9. The number of rotatable bonds is 4. The highest BCUT2D eigenvalue weighted by Gasteiger charge is 2.34. The molecule has 26 heavy (non-hydrogen) atoms. The molecule has 3 rings (SSSR count). The number of Topliss-reactive ketones (excluding diaryl/α,β-unsaturated/α-hetero) is 1. The van der Waals surface area contributed by atoms with Gasteiger partial charge in [0.25, 0.3) is 10.0 Å². The fourth-order valence-electron chi connectivity index (χ4n) is 2.52. The Labute approximate surface area is 151 Å². The molecule has 0 atom stereocenters. The fraction of sp³-hybridized carbons (Fsp3) is 0.111. The Kier molecular flexibility index (Phi) is 4.64. The van der Waals surface area contributed by atoms with Gasteiger partial charge in [0.15, 0.2) is 0 Å². The van der Waals surface area contributed by atoms with Crippen molar-refractivity contribution in [1.29, 1.82) is 0 Å². The third kappa shape index (κ3) is 3.25. The standard InChI is InChI=1S/C18H15NO5S2/c1-2-25(21,22)19-16-12-17(18(20)15-11-7-6-10-14(15)16)26(23,24)13-8-4-3-5-9-13/h3-12H,2H2,1H3. The molecule has 0 amide bonds. The van der Waals surface area contributed by atoms with Gasteiger partial charge in [-0.3, -0.25) is 4.79 Å². The highest BCUT2D eigenvalue weighted by molar-refractivity contribution is 7.96. The van der Waals surface area contributed by atoms with Gasteiger partial charge in [-0.15, -0.1) is 0 Å². The third-order valence-electron chi connectivity index (χ3n) is 3.88. The number of fused-ring (bicyclic) bond motifs is 1. The zero-order valence-electron chi connectivity index (χ0n) is 13.8. The Morgan fingerprint density at radius 2 is 1.42 bits per heavy atom. The van der Waals surface area contributed by atoms with Crippen molar-refractivity contribution < 1.29 is 21.6 Å². The lowest BCUT2D eigenvalue weighted by Crippen LogP contribution is -2.23. The van der Waals surface area contributed by atoms with E-state index < -0.39 is 30.5 Å². The minimum absolute atomic E-state index is 0.0447. The van der Waals surface area contributed by atoms with E-state index in [2.05, 4.69) is 4.40 Å². The van der Waals surface area contributed by atoms with Crippen LogP contribution in [0.3, 0.4) is 0 Å². The zero-order valence-corrected chi connectivity index (χ0v) is 15.4. The predicted molar refractivity (Wildman–Crippen MR) is 98.5 cm³/mol. The van der Waals surface area contributed by atoms with E-state index in [4.69, 9.17) is 0 Å². The van der Waals surface area contributed by atoms with Gasteiger partial charge in [-0.05, 0) is 25.1 Å². The molecule has 0 saturated heterocycles. The zero-order chi connectivity index (χ0) is 18.9. The van der Waals surface area contributed by atoms with Gasteiger partial charge in [0, 0.05) is 11.1 Å². The number of hydrogen-bond acceptors (Lipinski definition) is 5. The van der Waals surface area contributed by atoms with Crippen LogP contribution in [-0.4, -0.2) is 34.1 Å². The quantitative estimate of drug-likeness (QED) is 0.800. The number of benzene rings is 2. The summed E-state index contributed by atoms with van der Waals surface area (Å²) in [5.41, 5.74) is 0.340. The number of nitrogens with zero attached hydrogens (tertiary/aromatic N) is 1. The summed E-state index contributed by atoms with van der Waals surface area (Å²) in [4.78, 5) is 12.2. The SMILES string of the molecule is CCS(=O)(=O)N=C1C=C(S(=O)(=O)c2ccccc2)C(=O)c2ccccc21. The van der Waals surface area contributed by atoms with Crippen molar-refractivity contribution in [3.05, 3.63) is 76.7 Å². The lowest BCUT2D eigenvalue weighted by molar-refractivity contribution is 0.104. The first-order valence-corrected chi connectivity index (χ1v) is 10.8. The van der Waals surface area contributed by atoms with Gasteiger partial charge in [0.05, 0.1) is 16.4 Å². The summed E-state index contributed by atoms with van der Waals surface area (Å²) < 4.78 is 53.4. The van der Waals surface area contributed by atoms with Crippen LogP contribution in [0, 0.1) is 0 Å². The minimum atomic E-state index is -4.11. The molecule has 0 bridgehead atoms. The molecule has 0 aromatic heterocycles. The summed E-state index contributed by atoms with van der Waals surface area (Å²) >= 11 is 0. The Morgan fingerprint density at radius 1 is 0.846 bits per heavy atom. The normalized spacial score (nSPS) is 16.3. The Bertz CT molecular complexity index is 1150. The summed E-state index contributed by atoms with van der Waals surface area (Å²) in [6.45, 7) is 1.44. The second-order valence-electron chi connectivity index (χ2n) is 5.55. The first-order chi connectivity index (χ1) is 12.3. The lowest BCUT2D eigenvalue weighted by Gasteiger charge is -2.17. The van der Waals surface area contributed by atoms with Crippen LogP contribution in [-0.2, 0) is 19.9 Å². The molecule has 0 fully saturated rings. The number of carbonyl (C=O) groups is 1. The lowest BCUT2D eigenvalue weighted by atomic mass is 9.94. The van der Waals surface area contributed by atoms with Crippen LogP contribution in [0.1, 0.15) is 22.8 Å². The van der Waals surface area contributed by atoms with Crippen molar-refractivity contribution in [3.8, 4) is 0 Å². The first kappa shape index (κ1) is 18.2. The van der Waals surface area contributed by atoms with Gasteiger partial charge in [0.1, 0.15) is 4.91 Å². The van der Waals surface area contributed by atoms with E-state index in [1.165, 1.54) is 25.1 Å². The van der Waals surface area contributed by atoms with Crippen LogP contribution in [0.5, 0.6) is 0 Å². The largest absolute Gasteiger partial charge is 0.288 e. The number of sulfone groups is 1. The van der Waals surface area contributed by atoms with Crippen molar-refractivity contribution in [2.24, 2.45) is 4.40 Å². The average Bonchev–Trinajstić information content (AvgIpc) is 2.64. The molecule has 0 radical (unpaired) electrons. The molecule has 2 aromatic rings. The van der Waals surface area contributed by atoms with Crippen molar-refractivity contribution >= 4 is 31.4 Å². The number of allylic oxidation sites excluding steroid dienone is 2. The van der Waals surface area contributed by atoms with E-state index in [9.17, 15) is 21.6 Å². The topological polar surface area (TPSA) is 97.7 Å². The van der Waals surface area contributed by atoms with Crippen molar-refractivity contribution in [2.75, 3.05) is 5.75 Å². The molecule has 6 nitrogen and oxygen atoms in total. The molecular formula is C18H15NO5S2. The van der Waals surface area contributed by atoms with Crippen LogP contribution >= 0.6 is 0 Å². The summed E-state index contributed by atoms with van der Waals surface area (Å²) in [6, 6.07) is 13.7. The van der Waals surface area contributed by atoms with Crippen LogP contribution < -0.4 is 0 Å². The molecule has 0 N–H and O–H groups in total. The predicted octanol–water partition coefficient (Wildman–Crippen LogP) is 2.38. The molecule has 0 aliphatic heterocycles. The molecule has 134 valence electrons. The Balaban J connectivity index is 2.27. The monoisotopic (exact) mass is 389 g/mol. The molecule has 8 heteroatoms. The minimum Gasteiger partial charge on any atom is -0.288 e. The van der Waals surface area contributed by atoms with E-state index >= 15 is 0 Å². The molecular weight excluding hydrogens is 374 g/mol. The maximum Gasteiger partial charge on any atom is 0.253 e. The summed E-state index contributed by atoms with van der Waals surface area (Å²) in [5, 5.41) is 0. The number of ketones is 1. The van der Waals surface area contributed by atoms with Crippen molar-refractivity contribution in [2.45, 2.75) is 11.8 Å². The van der Waals surface area contributed by atoms with E-state index in [1.54, 1.807) is 36.4 Å². The van der Waals surface area contributed by atoms with E-state index in [0.29, 0.717) is 5.56 Å². The number of sulfonamides is 1. The average molecular weight is 389 g/mol. The molecule has 0 spiro atoms. The number of hydrogen-bond donors (Lipinski definition) is 0. The highest BCUT2D eigenvalue weighted by atomic mass is 32.2. The molecule has 0 saturated carbocycles. The van der Waals surface area contributed by atoms with Gasteiger partial charge in [-0.2, -0.15) is 4.40 Å². The molecule has 1 aliphatic carbocycles. The first-order valence-electron chi connectivity index (χ1n) is 7.75. The van der Waals surface area contributed by atoms with Crippen molar-refractivity contribution in [1.82, 2.24) is 0 Å². The summed E-state index contributed by atoms with van der Waals surface area (Å²) in [6.07, 6.45) is 1.04. The van der Waals surface area contributed by atoms with Gasteiger partial charge in [-0.25, -0.2) is 16.8 Å². The third-order valence-corrected chi connectivity index (χ3v) is 6.86. The van der Waals surface area contributed by atoms with Gasteiger partial charge in [0.2, 0.25) is 15.6 Å². The molecule has 0 unspecified atom stereocenters. The second kappa shape index (κ2) is 6.62. The van der Waals surface area contributed by atoms with Crippen molar-refractivity contribution in [3.63, 3.8) is 0 Å². The fourth-order valence-corrected chi connectivity index (χ4v) is 4.49. The van der Waals surface area contributed by atoms with Gasteiger partial charge >= 0.3 is 0 Å².